The van der Waals surface area contributed by atoms with Crippen LogP contribution in [0.1, 0.15) is 18.1 Å². The molecule has 1 aromatic heterocycles. The fourth-order valence-corrected chi connectivity index (χ4v) is 1.16. The predicted octanol–water partition coefficient (Wildman–Crippen LogP) is 0.297. The second-order valence-electron chi connectivity index (χ2n) is 2.82. The quantitative estimate of drug-likeness (QED) is 0.708. The first-order valence-corrected chi connectivity index (χ1v) is 4.21. The highest BCUT2D eigenvalue weighted by atomic mass is 16.3. The van der Waals surface area contributed by atoms with Crippen LogP contribution in [-0.2, 0) is 0 Å². The van der Waals surface area contributed by atoms with Crippen molar-refractivity contribution in [3.05, 3.63) is 27.5 Å². The Bertz CT molecular complexity index is 443. The zero-order chi connectivity index (χ0) is 10.7. The van der Waals surface area contributed by atoms with Gasteiger partial charge in [0.25, 0.3) is 5.56 Å². The Morgan fingerprint density at radius 3 is 2.86 bits per heavy atom. The molecule has 0 radical (unpaired) electrons. The van der Waals surface area contributed by atoms with E-state index >= 15 is 0 Å². The van der Waals surface area contributed by atoms with Gasteiger partial charge in [0, 0.05) is 12.6 Å². The Morgan fingerprint density at radius 1 is 1.71 bits per heavy atom. The van der Waals surface area contributed by atoms with Crippen molar-refractivity contribution in [1.29, 1.82) is 5.26 Å². The highest BCUT2D eigenvalue weighted by molar-refractivity contribution is 5.44. The normalized spacial score (nSPS) is 9.50. The summed E-state index contributed by atoms with van der Waals surface area (Å²) in [6.07, 6.45) is 0. The number of hydrogen-bond acceptors (Lipinski definition) is 4. The van der Waals surface area contributed by atoms with Gasteiger partial charge < -0.3 is 10.5 Å². The summed E-state index contributed by atoms with van der Waals surface area (Å²) in [7, 11) is 0. The maximum Gasteiger partial charge on any atom is 0.272 e. The SMILES string of the molecule is CCNn1c(O)c(C#N)c(C)cc1=O. The maximum absolute atomic E-state index is 11.3. The van der Waals surface area contributed by atoms with Crippen molar-refractivity contribution < 1.29 is 5.11 Å². The molecule has 2 N–H and O–H groups in total. The van der Waals surface area contributed by atoms with E-state index in [1.807, 2.05) is 6.07 Å². The summed E-state index contributed by atoms with van der Waals surface area (Å²) in [5, 5.41) is 18.3. The van der Waals surface area contributed by atoms with E-state index in [1.165, 1.54) is 6.07 Å². The lowest BCUT2D eigenvalue weighted by Crippen LogP contribution is -2.29. The van der Waals surface area contributed by atoms with Gasteiger partial charge in [0.05, 0.1) is 0 Å². The molecule has 0 saturated carbocycles. The molecule has 5 heteroatoms. The zero-order valence-corrected chi connectivity index (χ0v) is 8.03. The van der Waals surface area contributed by atoms with Gasteiger partial charge in [-0.1, -0.05) is 0 Å². The summed E-state index contributed by atoms with van der Waals surface area (Å²) in [4.78, 5) is 11.3. The topological polar surface area (TPSA) is 78.0 Å². The molecule has 5 nitrogen and oxygen atoms in total. The van der Waals surface area contributed by atoms with Gasteiger partial charge in [0.15, 0.2) is 0 Å². The summed E-state index contributed by atoms with van der Waals surface area (Å²) in [6.45, 7) is 3.88. The Hall–Kier alpha value is -1.96. The van der Waals surface area contributed by atoms with E-state index in [9.17, 15) is 9.90 Å². The Balaban J connectivity index is 3.46. The first-order valence-electron chi connectivity index (χ1n) is 4.21. The highest BCUT2D eigenvalue weighted by Crippen LogP contribution is 2.15. The molecule has 0 saturated heterocycles. The molecule has 1 aromatic rings. The van der Waals surface area contributed by atoms with Gasteiger partial charge >= 0.3 is 0 Å². The average Bonchev–Trinajstić information content (AvgIpc) is 2.12. The van der Waals surface area contributed by atoms with Crippen molar-refractivity contribution in [2.24, 2.45) is 0 Å². The van der Waals surface area contributed by atoms with Crippen molar-refractivity contribution >= 4 is 0 Å². The van der Waals surface area contributed by atoms with Crippen LogP contribution in [0.2, 0.25) is 0 Å². The number of aryl methyl sites for hydroxylation is 1. The second kappa shape index (κ2) is 3.83. The lowest BCUT2D eigenvalue weighted by molar-refractivity contribution is 0.421. The molecule has 1 rings (SSSR count). The first-order chi connectivity index (χ1) is 6.61. The standard InChI is InChI=1S/C9H11N3O2/c1-3-11-12-8(13)4-6(2)7(5-10)9(12)14/h4,11,14H,3H2,1-2H3. The summed E-state index contributed by atoms with van der Waals surface area (Å²) in [5.41, 5.74) is 2.87. The minimum Gasteiger partial charge on any atom is -0.492 e. The monoisotopic (exact) mass is 193 g/mol. The van der Waals surface area contributed by atoms with Gasteiger partial charge in [-0.2, -0.15) is 9.94 Å². The second-order valence-corrected chi connectivity index (χ2v) is 2.82. The van der Waals surface area contributed by atoms with Gasteiger partial charge in [-0.3, -0.25) is 4.79 Å². The molecule has 74 valence electrons. The van der Waals surface area contributed by atoms with E-state index in [4.69, 9.17) is 5.26 Å². The third kappa shape index (κ3) is 1.55. The van der Waals surface area contributed by atoms with Crippen molar-refractivity contribution in [3.63, 3.8) is 0 Å². The van der Waals surface area contributed by atoms with Crippen LogP contribution in [0.4, 0.5) is 0 Å². The molecule has 0 aliphatic carbocycles. The Morgan fingerprint density at radius 2 is 2.36 bits per heavy atom. The summed E-state index contributed by atoms with van der Waals surface area (Å²) in [5.74, 6) is -0.334. The van der Waals surface area contributed by atoms with E-state index in [0.717, 1.165) is 4.68 Å². The fraction of sp³-hybridized carbons (Fsp3) is 0.333. The van der Waals surface area contributed by atoms with E-state index in [0.29, 0.717) is 12.1 Å². The molecule has 0 unspecified atom stereocenters. The summed E-state index contributed by atoms with van der Waals surface area (Å²) >= 11 is 0. The zero-order valence-electron chi connectivity index (χ0n) is 8.03. The summed E-state index contributed by atoms with van der Waals surface area (Å²) in [6, 6.07) is 3.15. The number of nitrogens with zero attached hydrogens (tertiary/aromatic N) is 2. The number of rotatable bonds is 2. The molecular formula is C9H11N3O2. The number of hydrogen-bond donors (Lipinski definition) is 2. The van der Waals surface area contributed by atoms with Crippen LogP contribution in [0, 0.1) is 18.3 Å². The van der Waals surface area contributed by atoms with Gasteiger partial charge in [-0.25, -0.2) is 0 Å². The number of pyridine rings is 1. The van der Waals surface area contributed by atoms with E-state index < -0.39 is 0 Å². The largest absolute Gasteiger partial charge is 0.492 e. The van der Waals surface area contributed by atoms with Crippen LogP contribution in [0.15, 0.2) is 10.9 Å². The Kier molecular flexibility index (Phi) is 2.77. The van der Waals surface area contributed by atoms with E-state index in [2.05, 4.69) is 5.43 Å². The van der Waals surface area contributed by atoms with Gasteiger partial charge in [-0.15, -0.1) is 0 Å². The Labute approximate surface area is 81.2 Å². The maximum atomic E-state index is 11.3. The predicted molar refractivity (Wildman–Crippen MR) is 51.7 cm³/mol. The van der Waals surface area contributed by atoms with Gasteiger partial charge in [0.1, 0.15) is 11.6 Å². The fourth-order valence-electron chi connectivity index (χ4n) is 1.16. The number of nitriles is 1. The molecular weight excluding hydrogens is 182 g/mol. The van der Waals surface area contributed by atoms with Gasteiger partial charge in [0.2, 0.25) is 5.88 Å². The number of nitrogens with one attached hydrogen (secondary N) is 1. The van der Waals surface area contributed by atoms with Crippen molar-refractivity contribution in [2.45, 2.75) is 13.8 Å². The van der Waals surface area contributed by atoms with Gasteiger partial charge in [-0.05, 0) is 19.4 Å². The van der Waals surface area contributed by atoms with Crippen LogP contribution >= 0.6 is 0 Å². The van der Waals surface area contributed by atoms with Crippen LogP contribution < -0.4 is 11.0 Å². The molecule has 1 heterocycles. The average molecular weight is 193 g/mol. The molecule has 0 spiro atoms. The summed E-state index contributed by atoms with van der Waals surface area (Å²) < 4.78 is 0.964. The number of aromatic hydroxyl groups is 1. The van der Waals surface area contributed by atoms with E-state index in [-0.39, 0.29) is 17.0 Å². The third-order valence-electron chi connectivity index (χ3n) is 1.82. The van der Waals surface area contributed by atoms with Crippen molar-refractivity contribution in [3.8, 4) is 11.9 Å². The van der Waals surface area contributed by atoms with Crippen molar-refractivity contribution in [2.75, 3.05) is 12.0 Å². The molecule has 0 aromatic carbocycles. The number of aromatic nitrogens is 1. The van der Waals surface area contributed by atoms with Crippen LogP contribution in [-0.4, -0.2) is 16.3 Å². The minimum atomic E-state index is -0.374. The molecule has 0 aliphatic rings. The molecule has 0 fully saturated rings. The van der Waals surface area contributed by atoms with E-state index in [1.54, 1.807) is 13.8 Å². The molecule has 0 aliphatic heterocycles. The lowest BCUT2D eigenvalue weighted by Gasteiger charge is -2.10. The van der Waals surface area contributed by atoms with Crippen LogP contribution in [0.3, 0.4) is 0 Å². The van der Waals surface area contributed by atoms with Crippen LogP contribution in [0.5, 0.6) is 5.88 Å². The lowest BCUT2D eigenvalue weighted by atomic mass is 10.2. The molecule has 0 bridgehead atoms. The highest BCUT2D eigenvalue weighted by Gasteiger charge is 2.11. The minimum absolute atomic E-state index is 0.116. The molecule has 0 atom stereocenters. The van der Waals surface area contributed by atoms with Crippen LogP contribution in [0.25, 0.3) is 0 Å². The molecule has 0 amide bonds. The van der Waals surface area contributed by atoms with Crippen molar-refractivity contribution in [1.82, 2.24) is 4.68 Å². The smallest absolute Gasteiger partial charge is 0.272 e. The first kappa shape index (κ1) is 10.1. The third-order valence-corrected chi connectivity index (χ3v) is 1.82. The molecule has 14 heavy (non-hydrogen) atoms.